The maximum atomic E-state index is 12.6. The maximum Gasteiger partial charge on any atom is 0.407 e. The lowest BCUT2D eigenvalue weighted by molar-refractivity contribution is -0.138. The van der Waals surface area contributed by atoms with Crippen LogP contribution in [0.5, 0.6) is 0 Å². The number of ether oxygens (including phenoxy) is 1. The highest BCUT2D eigenvalue weighted by Gasteiger charge is 2.33. The number of carboxylic acids is 1. The van der Waals surface area contributed by atoms with Crippen molar-refractivity contribution in [3.63, 3.8) is 0 Å². The lowest BCUT2D eigenvalue weighted by atomic mass is 9.98. The second-order valence-corrected chi connectivity index (χ2v) is 8.54. The fourth-order valence-corrected chi connectivity index (χ4v) is 4.38. The highest BCUT2D eigenvalue weighted by atomic mass is 16.5. The average Bonchev–Trinajstić information content (AvgIpc) is 3.54. The SMILES string of the molecule is C[C@@H](CC(=O)N(CCC(=O)O)C1CC1)NC(=O)OCC1c2ccccc2-c2ccccc21. The van der Waals surface area contributed by atoms with Gasteiger partial charge in [-0.1, -0.05) is 48.5 Å². The zero-order chi connectivity index (χ0) is 22.7. The predicted molar refractivity (Wildman–Crippen MR) is 119 cm³/mol. The Morgan fingerprint density at radius 3 is 2.22 bits per heavy atom. The Balaban J connectivity index is 1.30. The van der Waals surface area contributed by atoms with Crippen LogP contribution >= 0.6 is 0 Å². The van der Waals surface area contributed by atoms with Crippen molar-refractivity contribution in [2.24, 2.45) is 0 Å². The van der Waals surface area contributed by atoms with Gasteiger partial charge in [-0.05, 0) is 42.0 Å². The smallest absolute Gasteiger partial charge is 0.407 e. The number of amides is 2. The Labute approximate surface area is 187 Å². The van der Waals surface area contributed by atoms with Crippen molar-refractivity contribution in [2.45, 2.75) is 50.6 Å². The molecule has 0 bridgehead atoms. The molecule has 0 unspecified atom stereocenters. The van der Waals surface area contributed by atoms with E-state index in [-0.39, 0.29) is 43.9 Å². The van der Waals surface area contributed by atoms with Crippen LogP contribution in [0, 0.1) is 0 Å². The molecule has 0 aromatic heterocycles. The molecule has 0 aliphatic heterocycles. The largest absolute Gasteiger partial charge is 0.481 e. The summed E-state index contributed by atoms with van der Waals surface area (Å²) in [5, 5.41) is 11.6. The minimum atomic E-state index is -0.923. The van der Waals surface area contributed by atoms with Crippen molar-refractivity contribution >= 4 is 18.0 Å². The van der Waals surface area contributed by atoms with Crippen LogP contribution in [0.1, 0.15) is 49.7 Å². The zero-order valence-corrected chi connectivity index (χ0v) is 18.1. The number of carbonyl (C=O) groups is 3. The first-order valence-electron chi connectivity index (χ1n) is 11.1. The first-order chi connectivity index (χ1) is 15.4. The Morgan fingerprint density at radius 1 is 1.06 bits per heavy atom. The van der Waals surface area contributed by atoms with Gasteiger partial charge in [0.25, 0.3) is 0 Å². The molecule has 2 amide bonds. The molecule has 0 saturated heterocycles. The summed E-state index contributed by atoms with van der Waals surface area (Å²) in [5.74, 6) is -1.08. The predicted octanol–water partition coefficient (Wildman–Crippen LogP) is 3.77. The number of alkyl carbamates (subject to hydrolysis) is 1. The summed E-state index contributed by atoms with van der Waals surface area (Å²) in [6.07, 6.45) is 1.28. The molecular weight excluding hydrogens is 408 g/mol. The van der Waals surface area contributed by atoms with Crippen molar-refractivity contribution in [1.82, 2.24) is 10.2 Å². The fraction of sp³-hybridized carbons (Fsp3) is 0.400. The zero-order valence-electron chi connectivity index (χ0n) is 18.1. The maximum absolute atomic E-state index is 12.6. The highest BCUT2D eigenvalue weighted by Crippen LogP contribution is 2.44. The van der Waals surface area contributed by atoms with Gasteiger partial charge in [0, 0.05) is 31.0 Å². The van der Waals surface area contributed by atoms with Crippen molar-refractivity contribution in [3.8, 4) is 11.1 Å². The number of hydrogen-bond acceptors (Lipinski definition) is 4. The molecule has 0 radical (unpaired) electrons. The van der Waals surface area contributed by atoms with E-state index in [0.717, 1.165) is 35.1 Å². The summed E-state index contributed by atoms with van der Waals surface area (Å²) in [7, 11) is 0. The van der Waals surface area contributed by atoms with E-state index in [0.29, 0.717) is 0 Å². The number of nitrogens with zero attached hydrogens (tertiary/aromatic N) is 1. The van der Waals surface area contributed by atoms with Gasteiger partial charge < -0.3 is 20.1 Å². The van der Waals surface area contributed by atoms with Gasteiger partial charge in [-0.25, -0.2) is 4.79 Å². The number of carboxylic acid groups (broad SMARTS) is 1. The van der Waals surface area contributed by atoms with Gasteiger partial charge in [0.1, 0.15) is 6.61 Å². The molecule has 2 aliphatic carbocycles. The first-order valence-corrected chi connectivity index (χ1v) is 11.1. The van der Waals surface area contributed by atoms with E-state index in [1.165, 1.54) is 0 Å². The van der Waals surface area contributed by atoms with Gasteiger partial charge in [-0.2, -0.15) is 0 Å². The summed E-state index contributed by atoms with van der Waals surface area (Å²) in [6.45, 7) is 2.17. The Bertz CT molecular complexity index is 971. The van der Waals surface area contributed by atoms with E-state index in [2.05, 4.69) is 29.6 Å². The number of benzene rings is 2. The van der Waals surface area contributed by atoms with E-state index in [4.69, 9.17) is 9.84 Å². The monoisotopic (exact) mass is 436 g/mol. The number of carbonyl (C=O) groups excluding carboxylic acids is 2. The summed E-state index contributed by atoms with van der Waals surface area (Å²) in [4.78, 5) is 37.5. The standard InChI is InChI=1S/C25H28N2O5/c1-16(14-23(28)27(17-10-11-17)13-12-24(29)30)26-25(31)32-15-22-20-8-4-2-6-18(20)19-7-3-5-9-21(19)22/h2-9,16-17,22H,10-15H2,1H3,(H,26,31)(H,29,30)/t16-/m0/s1. The van der Waals surface area contributed by atoms with E-state index >= 15 is 0 Å². The third-order valence-corrected chi connectivity index (χ3v) is 6.06. The summed E-state index contributed by atoms with van der Waals surface area (Å²) < 4.78 is 5.54. The minimum Gasteiger partial charge on any atom is -0.481 e. The molecule has 2 aromatic carbocycles. The molecular formula is C25H28N2O5. The van der Waals surface area contributed by atoms with Gasteiger partial charge in [-0.3, -0.25) is 9.59 Å². The lowest BCUT2D eigenvalue weighted by Gasteiger charge is -2.24. The topological polar surface area (TPSA) is 95.9 Å². The third kappa shape index (κ3) is 4.93. The molecule has 0 spiro atoms. The summed E-state index contributed by atoms with van der Waals surface area (Å²) >= 11 is 0. The molecule has 4 rings (SSSR count). The molecule has 2 aliphatic rings. The van der Waals surface area contributed by atoms with E-state index < -0.39 is 18.1 Å². The lowest BCUT2D eigenvalue weighted by Crippen LogP contribution is -2.41. The van der Waals surface area contributed by atoms with Crippen LogP contribution < -0.4 is 5.32 Å². The van der Waals surface area contributed by atoms with E-state index in [9.17, 15) is 14.4 Å². The van der Waals surface area contributed by atoms with Crippen LogP contribution in [-0.2, 0) is 14.3 Å². The Hall–Kier alpha value is -3.35. The quantitative estimate of drug-likeness (QED) is 0.624. The van der Waals surface area contributed by atoms with Crippen molar-refractivity contribution in [1.29, 1.82) is 0 Å². The second-order valence-electron chi connectivity index (χ2n) is 8.54. The van der Waals surface area contributed by atoms with Crippen molar-refractivity contribution < 1.29 is 24.2 Å². The van der Waals surface area contributed by atoms with Gasteiger partial charge in [0.2, 0.25) is 5.91 Å². The van der Waals surface area contributed by atoms with Crippen molar-refractivity contribution in [3.05, 3.63) is 59.7 Å². The molecule has 2 aromatic rings. The van der Waals surface area contributed by atoms with E-state index in [1.54, 1.807) is 11.8 Å². The molecule has 2 N–H and O–H groups in total. The van der Waals surface area contributed by atoms with Gasteiger partial charge >= 0.3 is 12.1 Å². The minimum absolute atomic E-state index is 0.0218. The average molecular weight is 437 g/mol. The van der Waals surface area contributed by atoms with Crippen LogP contribution in [-0.4, -0.2) is 53.2 Å². The fourth-order valence-electron chi connectivity index (χ4n) is 4.38. The Morgan fingerprint density at radius 2 is 1.66 bits per heavy atom. The number of aliphatic carboxylic acids is 1. The summed E-state index contributed by atoms with van der Waals surface area (Å²) in [5.41, 5.74) is 4.61. The van der Waals surface area contributed by atoms with Gasteiger partial charge in [0.05, 0.1) is 6.42 Å². The van der Waals surface area contributed by atoms with Gasteiger partial charge in [0.15, 0.2) is 0 Å². The number of fused-ring (bicyclic) bond motifs is 3. The number of hydrogen-bond donors (Lipinski definition) is 2. The van der Waals surface area contributed by atoms with E-state index in [1.807, 2.05) is 24.3 Å². The second kappa shape index (κ2) is 9.42. The van der Waals surface area contributed by atoms with Crippen LogP contribution in [0.15, 0.2) is 48.5 Å². The Kier molecular flexibility index (Phi) is 6.44. The molecule has 7 heteroatoms. The van der Waals surface area contributed by atoms with Gasteiger partial charge in [-0.15, -0.1) is 0 Å². The molecule has 7 nitrogen and oxygen atoms in total. The molecule has 32 heavy (non-hydrogen) atoms. The number of nitrogens with one attached hydrogen (secondary N) is 1. The van der Waals surface area contributed by atoms with Crippen LogP contribution in [0.4, 0.5) is 4.79 Å². The molecule has 1 fully saturated rings. The van der Waals surface area contributed by atoms with Crippen LogP contribution in [0.3, 0.4) is 0 Å². The van der Waals surface area contributed by atoms with Crippen LogP contribution in [0.2, 0.25) is 0 Å². The molecule has 0 heterocycles. The normalized spacial score (nSPS) is 15.4. The molecule has 1 saturated carbocycles. The highest BCUT2D eigenvalue weighted by molar-refractivity contribution is 5.80. The first kappa shape index (κ1) is 21.9. The molecule has 168 valence electrons. The number of rotatable bonds is 9. The molecule has 1 atom stereocenters. The van der Waals surface area contributed by atoms with Crippen LogP contribution in [0.25, 0.3) is 11.1 Å². The van der Waals surface area contributed by atoms with Crippen molar-refractivity contribution in [2.75, 3.05) is 13.2 Å². The summed E-state index contributed by atoms with van der Waals surface area (Å²) in [6, 6.07) is 16.0. The third-order valence-electron chi connectivity index (χ3n) is 6.06.